The molecule has 0 fully saturated rings. The molecule has 1 unspecified atom stereocenters. The second-order valence-electron chi connectivity index (χ2n) is 5.03. The van der Waals surface area contributed by atoms with Crippen molar-refractivity contribution in [1.82, 2.24) is 14.8 Å². The molecule has 20 heavy (non-hydrogen) atoms. The number of anilines is 2. The zero-order chi connectivity index (χ0) is 13.7. The van der Waals surface area contributed by atoms with Crippen molar-refractivity contribution in [2.75, 3.05) is 16.8 Å². The Bertz CT molecular complexity index is 696. The molecular formula is C13H13N5O2. The van der Waals surface area contributed by atoms with Crippen molar-refractivity contribution in [2.45, 2.75) is 19.2 Å². The molecule has 0 radical (unpaired) electrons. The zero-order valence-corrected chi connectivity index (χ0v) is 10.7. The molecule has 0 saturated heterocycles. The van der Waals surface area contributed by atoms with Gasteiger partial charge >= 0.3 is 0 Å². The molecule has 1 aromatic carbocycles. The number of hydrogen-bond donors (Lipinski definition) is 2. The summed E-state index contributed by atoms with van der Waals surface area (Å²) in [5, 5.41) is 20.4. The fourth-order valence-corrected chi connectivity index (χ4v) is 2.72. The Kier molecular flexibility index (Phi) is 2.31. The topological polar surface area (TPSA) is 83.3 Å². The first-order valence-corrected chi connectivity index (χ1v) is 6.47. The van der Waals surface area contributed by atoms with Gasteiger partial charge in [-0.1, -0.05) is 6.07 Å². The number of aromatic nitrogens is 3. The van der Waals surface area contributed by atoms with E-state index in [2.05, 4.69) is 20.4 Å². The Hall–Kier alpha value is -2.41. The highest BCUT2D eigenvalue weighted by molar-refractivity contribution is 6.02. The van der Waals surface area contributed by atoms with Crippen LogP contribution in [0.2, 0.25) is 0 Å². The van der Waals surface area contributed by atoms with Gasteiger partial charge in [0.2, 0.25) is 0 Å². The lowest BCUT2D eigenvalue weighted by atomic mass is 10.1. The van der Waals surface area contributed by atoms with Crippen LogP contribution >= 0.6 is 0 Å². The van der Waals surface area contributed by atoms with Gasteiger partial charge < -0.3 is 19.9 Å². The van der Waals surface area contributed by atoms with E-state index in [9.17, 15) is 9.90 Å². The molecule has 102 valence electrons. The van der Waals surface area contributed by atoms with Gasteiger partial charge in [0, 0.05) is 30.0 Å². The van der Waals surface area contributed by atoms with Crippen LogP contribution in [0.15, 0.2) is 24.5 Å². The third-order valence-corrected chi connectivity index (χ3v) is 3.84. The maximum absolute atomic E-state index is 11.5. The third kappa shape index (κ3) is 1.60. The van der Waals surface area contributed by atoms with Crippen molar-refractivity contribution in [3.8, 4) is 0 Å². The quantitative estimate of drug-likeness (QED) is 0.778. The second-order valence-corrected chi connectivity index (χ2v) is 5.03. The largest absolute Gasteiger partial charge is 0.378 e. The number of nitrogens with one attached hydrogen (secondary N) is 1. The first-order valence-electron chi connectivity index (χ1n) is 6.47. The fourth-order valence-electron chi connectivity index (χ4n) is 2.72. The lowest BCUT2D eigenvalue weighted by molar-refractivity contribution is -0.123. The molecule has 1 aromatic heterocycles. The first kappa shape index (κ1) is 11.4. The summed E-state index contributed by atoms with van der Waals surface area (Å²) in [6.45, 7) is 2.39. The van der Waals surface area contributed by atoms with Gasteiger partial charge in [-0.25, -0.2) is 0 Å². The number of carbonyl (C=O) groups is 1. The summed E-state index contributed by atoms with van der Waals surface area (Å²) >= 11 is 0. The van der Waals surface area contributed by atoms with E-state index in [4.69, 9.17) is 0 Å². The van der Waals surface area contributed by atoms with Crippen LogP contribution in [0.4, 0.5) is 11.4 Å². The summed E-state index contributed by atoms with van der Waals surface area (Å²) in [6.07, 6.45) is 0.690. The van der Waals surface area contributed by atoms with Gasteiger partial charge in [-0.3, -0.25) is 4.79 Å². The van der Waals surface area contributed by atoms with Crippen LogP contribution in [0.5, 0.6) is 0 Å². The number of nitrogens with zero attached hydrogens (tertiary/aromatic N) is 4. The SMILES string of the molecule is O=C1Nc2cc(N3CCn4cnnc4C3)ccc2C1O. The van der Waals surface area contributed by atoms with Crippen molar-refractivity contribution < 1.29 is 9.90 Å². The van der Waals surface area contributed by atoms with E-state index in [1.54, 1.807) is 12.4 Å². The number of amides is 1. The first-order chi connectivity index (χ1) is 9.72. The molecule has 0 spiro atoms. The molecule has 2 aliphatic heterocycles. The predicted octanol–water partition coefficient (Wildman–Crippen LogP) is 0.284. The molecule has 3 heterocycles. The fraction of sp³-hybridized carbons (Fsp3) is 0.308. The molecule has 0 saturated carbocycles. The Morgan fingerprint density at radius 3 is 3.15 bits per heavy atom. The van der Waals surface area contributed by atoms with Gasteiger partial charge in [0.05, 0.1) is 6.54 Å². The molecule has 4 rings (SSSR count). The minimum atomic E-state index is -1.05. The molecular weight excluding hydrogens is 258 g/mol. The summed E-state index contributed by atoms with van der Waals surface area (Å²) in [4.78, 5) is 13.6. The number of hydrogen-bond acceptors (Lipinski definition) is 5. The second kappa shape index (κ2) is 4.04. The molecule has 2 aliphatic rings. The number of aliphatic hydroxyl groups is 1. The standard InChI is InChI=1S/C13H13N5O2/c19-12-9-2-1-8(5-10(9)15-13(12)20)17-3-4-18-7-14-16-11(18)6-17/h1-2,5,7,12,19H,3-4,6H2,(H,15,20). The molecule has 7 nitrogen and oxygen atoms in total. The van der Waals surface area contributed by atoms with E-state index >= 15 is 0 Å². The smallest absolute Gasteiger partial charge is 0.257 e. The average molecular weight is 271 g/mol. The summed E-state index contributed by atoms with van der Waals surface area (Å²) in [6, 6.07) is 5.62. The minimum absolute atomic E-state index is 0.365. The lowest BCUT2D eigenvalue weighted by Crippen LogP contribution is -2.33. The maximum atomic E-state index is 11.5. The van der Waals surface area contributed by atoms with E-state index in [-0.39, 0.29) is 5.91 Å². The van der Waals surface area contributed by atoms with Gasteiger partial charge in [-0.2, -0.15) is 0 Å². The molecule has 2 aromatic rings. The Morgan fingerprint density at radius 1 is 1.35 bits per heavy atom. The van der Waals surface area contributed by atoms with Crippen LogP contribution in [0.3, 0.4) is 0 Å². The predicted molar refractivity (Wildman–Crippen MR) is 71.1 cm³/mol. The van der Waals surface area contributed by atoms with Gasteiger partial charge in [0.1, 0.15) is 6.33 Å². The maximum Gasteiger partial charge on any atom is 0.257 e. The van der Waals surface area contributed by atoms with Crippen molar-refractivity contribution in [3.63, 3.8) is 0 Å². The van der Waals surface area contributed by atoms with Crippen LogP contribution in [-0.2, 0) is 17.9 Å². The molecule has 2 N–H and O–H groups in total. The number of benzene rings is 1. The normalized spacial score (nSPS) is 20.6. The van der Waals surface area contributed by atoms with E-state index < -0.39 is 6.10 Å². The number of fused-ring (bicyclic) bond motifs is 2. The Labute approximate surface area is 114 Å². The molecule has 7 heteroatoms. The summed E-state index contributed by atoms with van der Waals surface area (Å²) < 4.78 is 2.04. The van der Waals surface area contributed by atoms with Crippen molar-refractivity contribution in [3.05, 3.63) is 35.9 Å². The highest BCUT2D eigenvalue weighted by Crippen LogP contribution is 2.34. The Morgan fingerprint density at radius 2 is 2.25 bits per heavy atom. The summed E-state index contributed by atoms with van der Waals surface area (Å²) in [5.74, 6) is 0.566. The minimum Gasteiger partial charge on any atom is -0.378 e. The monoisotopic (exact) mass is 271 g/mol. The number of aliphatic hydroxyl groups excluding tert-OH is 1. The lowest BCUT2D eigenvalue weighted by Gasteiger charge is -2.29. The van der Waals surface area contributed by atoms with Crippen LogP contribution in [0, 0.1) is 0 Å². The highest BCUT2D eigenvalue weighted by atomic mass is 16.3. The number of carbonyl (C=O) groups excluding carboxylic acids is 1. The van der Waals surface area contributed by atoms with Crippen LogP contribution in [0.1, 0.15) is 17.5 Å². The van der Waals surface area contributed by atoms with E-state index in [0.29, 0.717) is 17.8 Å². The third-order valence-electron chi connectivity index (χ3n) is 3.84. The summed E-state index contributed by atoms with van der Waals surface area (Å²) in [7, 11) is 0. The van der Waals surface area contributed by atoms with E-state index in [0.717, 1.165) is 24.6 Å². The molecule has 1 atom stereocenters. The molecule has 0 bridgehead atoms. The van der Waals surface area contributed by atoms with Crippen molar-refractivity contribution >= 4 is 17.3 Å². The van der Waals surface area contributed by atoms with E-state index in [1.165, 1.54) is 0 Å². The van der Waals surface area contributed by atoms with Gasteiger partial charge in [0.15, 0.2) is 11.9 Å². The zero-order valence-electron chi connectivity index (χ0n) is 10.7. The average Bonchev–Trinajstić information content (AvgIpc) is 3.03. The van der Waals surface area contributed by atoms with Crippen LogP contribution in [-0.4, -0.2) is 32.3 Å². The number of rotatable bonds is 1. The van der Waals surface area contributed by atoms with E-state index in [1.807, 2.05) is 16.7 Å². The van der Waals surface area contributed by atoms with Crippen LogP contribution < -0.4 is 10.2 Å². The van der Waals surface area contributed by atoms with Gasteiger partial charge in [-0.15, -0.1) is 10.2 Å². The van der Waals surface area contributed by atoms with Gasteiger partial charge in [0.25, 0.3) is 5.91 Å². The van der Waals surface area contributed by atoms with Crippen molar-refractivity contribution in [2.24, 2.45) is 0 Å². The van der Waals surface area contributed by atoms with Gasteiger partial charge in [-0.05, 0) is 12.1 Å². The molecule has 1 amide bonds. The summed E-state index contributed by atoms with van der Waals surface area (Å²) in [5.41, 5.74) is 2.33. The van der Waals surface area contributed by atoms with Crippen LogP contribution in [0.25, 0.3) is 0 Å². The molecule has 0 aliphatic carbocycles. The van der Waals surface area contributed by atoms with Crippen molar-refractivity contribution in [1.29, 1.82) is 0 Å². The highest BCUT2D eigenvalue weighted by Gasteiger charge is 2.29. The Balaban J connectivity index is 1.65.